The third-order valence-corrected chi connectivity index (χ3v) is 4.72. The van der Waals surface area contributed by atoms with Crippen molar-refractivity contribution in [1.82, 2.24) is 14.6 Å². The Morgan fingerprint density at radius 3 is 2.50 bits per heavy atom. The molecule has 9 nitrogen and oxygen atoms in total. The summed E-state index contributed by atoms with van der Waals surface area (Å²) in [5.41, 5.74) is 8.34. The first kappa shape index (κ1) is 20.7. The van der Waals surface area contributed by atoms with Gasteiger partial charge in [-0.25, -0.2) is 4.52 Å². The summed E-state index contributed by atoms with van der Waals surface area (Å²) < 4.78 is 6.94. The van der Waals surface area contributed by atoms with E-state index in [2.05, 4.69) is 15.4 Å². The van der Waals surface area contributed by atoms with Crippen molar-refractivity contribution in [3.05, 3.63) is 78.0 Å². The van der Waals surface area contributed by atoms with Gasteiger partial charge in [0.05, 0.1) is 0 Å². The van der Waals surface area contributed by atoms with Crippen molar-refractivity contribution in [2.75, 3.05) is 11.9 Å². The highest BCUT2D eigenvalue weighted by atomic mass is 16.5. The summed E-state index contributed by atoms with van der Waals surface area (Å²) in [6.45, 7) is 1.23. The fourth-order valence-corrected chi connectivity index (χ4v) is 3.14. The molecule has 2 heterocycles. The second kappa shape index (κ2) is 8.68. The first-order valence-electron chi connectivity index (χ1n) is 9.70. The first-order valence-corrected chi connectivity index (χ1v) is 9.70. The Labute approximate surface area is 182 Å². The number of fused-ring (bicyclic) bond motifs is 1. The highest BCUT2D eigenvalue weighted by Gasteiger charge is 2.13. The Morgan fingerprint density at radius 2 is 1.78 bits per heavy atom. The van der Waals surface area contributed by atoms with E-state index in [1.54, 1.807) is 60.8 Å². The van der Waals surface area contributed by atoms with E-state index in [1.807, 2.05) is 6.07 Å². The highest BCUT2D eigenvalue weighted by molar-refractivity contribution is 5.99. The molecule has 0 saturated carbocycles. The maximum atomic E-state index is 12.2. The molecule has 2 aromatic carbocycles. The molecule has 0 radical (unpaired) electrons. The summed E-state index contributed by atoms with van der Waals surface area (Å²) in [7, 11) is 0. The van der Waals surface area contributed by atoms with Gasteiger partial charge >= 0.3 is 0 Å². The van der Waals surface area contributed by atoms with Crippen LogP contribution < -0.4 is 15.8 Å². The van der Waals surface area contributed by atoms with Crippen LogP contribution in [0.5, 0.6) is 5.75 Å². The second-order valence-corrected chi connectivity index (χ2v) is 6.98. The van der Waals surface area contributed by atoms with Gasteiger partial charge in [-0.15, -0.1) is 5.10 Å². The summed E-state index contributed by atoms with van der Waals surface area (Å²) in [4.78, 5) is 39.5. The molecule has 0 aliphatic carbocycles. The predicted molar refractivity (Wildman–Crippen MR) is 118 cm³/mol. The third-order valence-electron chi connectivity index (χ3n) is 4.72. The van der Waals surface area contributed by atoms with Gasteiger partial charge in [0.2, 0.25) is 11.9 Å². The first-order chi connectivity index (χ1) is 15.4. The zero-order valence-electron chi connectivity index (χ0n) is 17.1. The molecule has 0 bridgehead atoms. The molecule has 2 aromatic heterocycles. The molecular weight excluding hydrogens is 410 g/mol. The molecule has 0 aliphatic rings. The normalized spacial score (nSPS) is 10.7. The molecule has 4 aromatic rings. The van der Waals surface area contributed by atoms with Crippen LogP contribution in [0.3, 0.4) is 0 Å². The molecule has 0 atom stereocenters. The van der Waals surface area contributed by atoms with E-state index in [9.17, 15) is 14.4 Å². The largest absolute Gasteiger partial charge is 0.484 e. The third kappa shape index (κ3) is 4.46. The summed E-state index contributed by atoms with van der Waals surface area (Å²) >= 11 is 0. The van der Waals surface area contributed by atoms with E-state index in [4.69, 9.17) is 10.5 Å². The standard InChI is InChI=1S/C23H19N5O4/c1-14(29)15-6-9-17(10-7-15)32-13-21(30)26-23-25-20-11-8-16(12-28(20)27-23)18-4-2-3-5-19(18)22(24)31/h2-12H,13H2,1H3,(H2,24,31)(H,26,27,30). The summed E-state index contributed by atoms with van der Waals surface area (Å²) in [5, 5.41) is 6.85. The lowest BCUT2D eigenvalue weighted by molar-refractivity contribution is -0.118. The maximum Gasteiger partial charge on any atom is 0.264 e. The van der Waals surface area contributed by atoms with Gasteiger partial charge in [-0.2, -0.15) is 4.98 Å². The molecule has 2 amide bonds. The number of anilines is 1. The van der Waals surface area contributed by atoms with Gasteiger partial charge < -0.3 is 10.5 Å². The Bertz CT molecular complexity index is 1330. The Kier molecular flexibility index (Phi) is 5.63. The van der Waals surface area contributed by atoms with Crippen molar-refractivity contribution in [2.45, 2.75) is 6.92 Å². The number of rotatable bonds is 7. The number of nitrogens with zero attached hydrogens (tertiary/aromatic N) is 3. The van der Waals surface area contributed by atoms with E-state index in [-0.39, 0.29) is 18.3 Å². The van der Waals surface area contributed by atoms with Crippen molar-refractivity contribution in [2.24, 2.45) is 5.73 Å². The van der Waals surface area contributed by atoms with E-state index < -0.39 is 11.8 Å². The Balaban J connectivity index is 1.45. The topological polar surface area (TPSA) is 129 Å². The molecule has 32 heavy (non-hydrogen) atoms. The number of nitrogens with one attached hydrogen (secondary N) is 1. The molecule has 0 aliphatic heterocycles. The van der Waals surface area contributed by atoms with Crippen molar-refractivity contribution in [1.29, 1.82) is 0 Å². The number of hydrogen-bond donors (Lipinski definition) is 2. The number of ketones is 1. The molecule has 3 N–H and O–H groups in total. The van der Waals surface area contributed by atoms with Crippen LogP contribution >= 0.6 is 0 Å². The molecule has 0 unspecified atom stereocenters. The SMILES string of the molecule is CC(=O)c1ccc(OCC(=O)Nc2nc3ccc(-c4ccccc4C(N)=O)cn3n2)cc1. The van der Waals surface area contributed by atoms with Crippen molar-refractivity contribution in [3.8, 4) is 16.9 Å². The number of Topliss-reactive ketones (excluding diaryl/α,β-unsaturated/α-hetero) is 1. The number of hydrogen-bond acceptors (Lipinski definition) is 6. The van der Waals surface area contributed by atoms with E-state index in [0.29, 0.717) is 28.1 Å². The summed E-state index contributed by atoms with van der Waals surface area (Å²) in [5.74, 6) is -0.427. The average Bonchev–Trinajstić information content (AvgIpc) is 3.19. The number of carbonyl (C=O) groups excluding carboxylic acids is 3. The molecule has 160 valence electrons. The minimum Gasteiger partial charge on any atom is -0.484 e. The zero-order chi connectivity index (χ0) is 22.7. The lowest BCUT2D eigenvalue weighted by Gasteiger charge is -2.06. The maximum absolute atomic E-state index is 12.2. The number of carbonyl (C=O) groups is 3. The second-order valence-electron chi connectivity index (χ2n) is 6.98. The van der Waals surface area contributed by atoms with Crippen LogP contribution in [-0.2, 0) is 4.79 Å². The lowest BCUT2D eigenvalue weighted by atomic mass is 10.0. The van der Waals surface area contributed by atoms with E-state index >= 15 is 0 Å². The monoisotopic (exact) mass is 429 g/mol. The molecule has 9 heteroatoms. The van der Waals surface area contributed by atoms with Crippen molar-refractivity contribution in [3.63, 3.8) is 0 Å². The lowest BCUT2D eigenvalue weighted by Crippen LogP contribution is -2.20. The van der Waals surface area contributed by atoms with Crippen LogP contribution in [0.15, 0.2) is 66.9 Å². The molecule has 0 fully saturated rings. The van der Waals surface area contributed by atoms with Crippen LogP contribution in [0, 0.1) is 0 Å². The van der Waals surface area contributed by atoms with Crippen LogP contribution in [0.25, 0.3) is 16.8 Å². The minimum atomic E-state index is -0.525. The number of primary amides is 1. The van der Waals surface area contributed by atoms with Gasteiger partial charge in [0, 0.05) is 22.9 Å². The Hall–Kier alpha value is -4.53. The summed E-state index contributed by atoms with van der Waals surface area (Å²) in [6.07, 6.45) is 1.70. The number of aromatic nitrogens is 3. The van der Waals surface area contributed by atoms with Gasteiger partial charge in [-0.1, -0.05) is 18.2 Å². The number of amides is 2. The van der Waals surface area contributed by atoms with Gasteiger partial charge in [-0.3, -0.25) is 19.7 Å². The highest BCUT2D eigenvalue weighted by Crippen LogP contribution is 2.24. The number of pyridine rings is 1. The number of ether oxygens (including phenoxy) is 1. The molecule has 4 rings (SSSR count). The van der Waals surface area contributed by atoms with Crippen LogP contribution in [0.2, 0.25) is 0 Å². The van der Waals surface area contributed by atoms with Crippen molar-refractivity contribution < 1.29 is 19.1 Å². The van der Waals surface area contributed by atoms with Crippen molar-refractivity contribution >= 4 is 29.2 Å². The van der Waals surface area contributed by atoms with Crippen LogP contribution in [0.4, 0.5) is 5.95 Å². The fraction of sp³-hybridized carbons (Fsp3) is 0.0870. The average molecular weight is 429 g/mol. The molecular formula is C23H19N5O4. The number of nitrogens with two attached hydrogens (primary N) is 1. The van der Waals surface area contributed by atoms with E-state index in [1.165, 1.54) is 11.4 Å². The van der Waals surface area contributed by atoms with Gasteiger partial charge in [0.25, 0.3) is 5.91 Å². The quantitative estimate of drug-likeness (QED) is 0.435. The van der Waals surface area contributed by atoms with Gasteiger partial charge in [0.15, 0.2) is 18.0 Å². The molecule has 0 spiro atoms. The smallest absolute Gasteiger partial charge is 0.264 e. The molecule has 0 saturated heterocycles. The number of benzene rings is 2. The van der Waals surface area contributed by atoms with Crippen LogP contribution in [0.1, 0.15) is 27.6 Å². The van der Waals surface area contributed by atoms with E-state index in [0.717, 1.165) is 5.56 Å². The Morgan fingerprint density at radius 1 is 1.03 bits per heavy atom. The summed E-state index contributed by atoms with van der Waals surface area (Å²) in [6, 6.07) is 17.0. The minimum absolute atomic E-state index is 0.0477. The predicted octanol–water partition coefficient (Wildman–Crippen LogP) is 2.72. The van der Waals surface area contributed by atoms with Gasteiger partial charge in [0.1, 0.15) is 5.75 Å². The van der Waals surface area contributed by atoms with Gasteiger partial charge in [-0.05, 0) is 55.0 Å². The fourth-order valence-electron chi connectivity index (χ4n) is 3.14. The van der Waals surface area contributed by atoms with Crippen LogP contribution in [-0.4, -0.2) is 38.8 Å². The zero-order valence-corrected chi connectivity index (χ0v) is 17.1.